The summed E-state index contributed by atoms with van der Waals surface area (Å²) >= 11 is 0. The first-order valence-electron chi connectivity index (χ1n) is 6.07. The molecule has 0 aliphatic carbocycles. The van der Waals surface area contributed by atoms with Crippen molar-refractivity contribution in [2.24, 2.45) is 11.1 Å². The van der Waals surface area contributed by atoms with Gasteiger partial charge in [-0.1, -0.05) is 18.2 Å². The lowest BCUT2D eigenvalue weighted by Gasteiger charge is -2.28. The lowest BCUT2D eigenvalue weighted by Crippen LogP contribution is -2.43. The Balaban J connectivity index is 2.59. The van der Waals surface area contributed by atoms with Crippen molar-refractivity contribution >= 4 is 5.91 Å². The van der Waals surface area contributed by atoms with Crippen molar-refractivity contribution in [2.45, 2.75) is 20.3 Å². The van der Waals surface area contributed by atoms with Crippen LogP contribution in [0.5, 0.6) is 0 Å². The molecule has 1 amide bonds. The van der Waals surface area contributed by atoms with E-state index in [1.54, 1.807) is 30.1 Å². The number of hydrogen-bond donors (Lipinski definition) is 1. The second-order valence-corrected chi connectivity index (χ2v) is 5.16. The van der Waals surface area contributed by atoms with E-state index >= 15 is 0 Å². The van der Waals surface area contributed by atoms with Gasteiger partial charge in [0.25, 0.3) is 0 Å². The van der Waals surface area contributed by atoms with Crippen molar-refractivity contribution in [1.82, 2.24) is 4.90 Å². The van der Waals surface area contributed by atoms with Crippen LogP contribution < -0.4 is 5.73 Å². The third kappa shape index (κ3) is 3.53. The minimum atomic E-state index is -0.565. The fourth-order valence-corrected chi connectivity index (χ4v) is 1.69. The number of rotatable bonds is 5. The van der Waals surface area contributed by atoms with Crippen LogP contribution in [0.1, 0.15) is 19.4 Å². The van der Waals surface area contributed by atoms with E-state index in [-0.39, 0.29) is 11.7 Å². The largest absolute Gasteiger partial charge is 0.345 e. The average molecular weight is 252 g/mol. The average Bonchev–Trinajstić information content (AvgIpc) is 2.36. The van der Waals surface area contributed by atoms with Gasteiger partial charge in [0.1, 0.15) is 5.82 Å². The number of likely N-dealkylation sites (N-methyl/N-ethyl adjacent to an activating group) is 1. The third-order valence-electron chi connectivity index (χ3n) is 3.11. The molecule has 0 saturated carbocycles. The first-order valence-corrected chi connectivity index (χ1v) is 6.07. The summed E-state index contributed by atoms with van der Waals surface area (Å²) in [5.74, 6) is -0.238. The Hall–Kier alpha value is -1.42. The highest BCUT2D eigenvalue weighted by molar-refractivity contribution is 5.81. The van der Waals surface area contributed by atoms with E-state index in [2.05, 4.69) is 0 Å². The van der Waals surface area contributed by atoms with Crippen LogP contribution >= 0.6 is 0 Å². The highest BCUT2D eigenvalue weighted by atomic mass is 19.1. The minimum absolute atomic E-state index is 0.0126. The zero-order chi connectivity index (χ0) is 13.8. The van der Waals surface area contributed by atoms with Crippen molar-refractivity contribution in [1.29, 1.82) is 0 Å². The summed E-state index contributed by atoms with van der Waals surface area (Å²) in [6.45, 7) is 4.42. The van der Waals surface area contributed by atoms with Crippen molar-refractivity contribution < 1.29 is 9.18 Å². The van der Waals surface area contributed by atoms with E-state index < -0.39 is 5.41 Å². The Morgan fingerprint density at radius 3 is 2.56 bits per heavy atom. The molecule has 18 heavy (non-hydrogen) atoms. The highest BCUT2D eigenvalue weighted by Gasteiger charge is 2.28. The molecule has 3 nitrogen and oxygen atoms in total. The van der Waals surface area contributed by atoms with E-state index in [0.717, 1.165) is 0 Å². The highest BCUT2D eigenvalue weighted by Crippen LogP contribution is 2.16. The van der Waals surface area contributed by atoms with Crippen LogP contribution in [0.3, 0.4) is 0 Å². The summed E-state index contributed by atoms with van der Waals surface area (Å²) < 4.78 is 13.4. The number of halogens is 1. The fourth-order valence-electron chi connectivity index (χ4n) is 1.69. The molecule has 4 heteroatoms. The zero-order valence-electron chi connectivity index (χ0n) is 11.2. The lowest BCUT2D eigenvalue weighted by atomic mass is 9.92. The lowest BCUT2D eigenvalue weighted by molar-refractivity contribution is -0.138. The zero-order valence-corrected chi connectivity index (χ0v) is 11.2. The molecule has 1 aromatic carbocycles. The van der Waals surface area contributed by atoms with Gasteiger partial charge >= 0.3 is 0 Å². The van der Waals surface area contributed by atoms with E-state index in [0.29, 0.717) is 25.1 Å². The molecular weight excluding hydrogens is 231 g/mol. The quantitative estimate of drug-likeness (QED) is 0.868. The number of carbonyl (C=O) groups is 1. The van der Waals surface area contributed by atoms with Crippen LogP contribution in [0.2, 0.25) is 0 Å². The summed E-state index contributed by atoms with van der Waals surface area (Å²) in [6.07, 6.45) is 0.509. The van der Waals surface area contributed by atoms with Crippen LogP contribution in [0.25, 0.3) is 0 Å². The molecule has 0 aliphatic heterocycles. The van der Waals surface area contributed by atoms with E-state index in [9.17, 15) is 9.18 Å². The van der Waals surface area contributed by atoms with Gasteiger partial charge in [-0.25, -0.2) is 4.39 Å². The Bertz CT molecular complexity index is 418. The molecule has 0 fully saturated rings. The SMILES string of the molecule is CN(CCc1ccccc1F)C(=O)C(C)(C)CN. The molecule has 0 radical (unpaired) electrons. The fraction of sp³-hybridized carbons (Fsp3) is 0.500. The normalized spacial score (nSPS) is 11.4. The van der Waals surface area contributed by atoms with Crippen molar-refractivity contribution in [3.05, 3.63) is 35.6 Å². The summed E-state index contributed by atoms with van der Waals surface area (Å²) in [6, 6.07) is 6.62. The van der Waals surface area contributed by atoms with Gasteiger partial charge in [0.2, 0.25) is 5.91 Å². The summed E-state index contributed by atoms with van der Waals surface area (Å²) in [5.41, 5.74) is 5.63. The first-order chi connectivity index (χ1) is 8.38. The second kappa shape index (κ2) is 5.96. The van der Waals surface area contributed by atoms with Gasteiger partial charge in [-0.3, -0.25) is 4.79 Å². The Kier molecular flexibility index (Phi) is 4.84. The third-order valence-corrected chi connectivity index (χ3v) is 3.11. The smallest absolute Gasteiger partial charge is 0.229 e. The molecule has 0 atom stereocenters. The van der Waals surface area contributed by atoms with E-state index in [1.807, 2.05) is 13.8 Å². The number of hydrogen-bond acceptors (Lipinski definition) is 2. The molecule has 1 rings (SSSR count). The van der Waals surface area contributed by atoms with Gasteiger partial charge < -0.3 is 10.6 Å². The number of amides is 1. The summed E-state index contributed by atoms with van der Waals surface area (Å²) in [4.78, 5) is 13.7. The molecular formula is C14H21FN2O. The molecule has 0 aromatic heterocycles. The van der Waals surface area contributed by atoms with Crippen molar-refractivity contribution in [3.8, 4) is 0 Å². The number of carbonyl (C=O) groups excluding carboxylic acids is 1. The van der Waals surface area contributed by atoms with E-state index in [4.69, 9.17) is 5.73 Å². The molecule has 0 aliphatic rings. The standard InChI is InChI=1S/C14H21FN2O/c1-14(2,10-16)13(18)17(3)9-8-11-6-4-5-7-12(11)15/h4-7H,8-10,16H2,1-3H3. The Morgan fingerprint density at radius 1 is 1.39 bits per heavy atom. The van der Waals surface area contributed by atoms with Gasteiger partial charge in [-0.05, 0) is 31.9 Å². The van der Waals surface area contributed by atoms with Crippen molar-refractivity contribution in [3.63, 3.8) is 0 Å². The molecule has 0 bridgehead atoms. The van der Waals surface area contributed by atoms with Gasteiger partial charge in [0, 0.05) is 20.1 Å². The maximum absolute atomic E-state index is 13.4. The molecule has 0 unspecified atom stereocenters. The van der Waals surface area contributed by atoms with Crippen LogP contribution in [0.15, 0.2) is 24.3 Å². The first kappa shape index (κ1) is 14.6. The minimum Gasteiger partial charge on any atom is -0.345 e. The van der Waals surface area contributed by atoms with Crippen LogP contribution in [0, 0.1) is 11.2 Å². The predicted octanol–water partition coefficient (Wildman–Crippen LogP) is 1.81. The summed E-state index contributed by atoms with van der Waals surface area (Å²) in [7, 11) is 1.72. The molecule has 1 aromatic rings. The summed E-state index contributed by atoms with van der Waals surface area (Å²) in [5, 5.41) is 0. The predicted molar refractivity (Wildman–Crippen MR) is 70.6 cm³/mol. The van der Waals surface area contributed by atoms with Gasteiger partial charge in [0.15, 0.2) is 0 Å². The molecule has 0 spiro atoms. The molecule has 100 valence electrons. The molecule has 0 saturated heterocycles. The number of nitrogens with zero attached hydrogens (tertiary/aromatic N) is 1. The maximum Gasteiger partial charge on any atom is 0.229 e. The van der Waals surface area contributed by atoms with Crippen LogP contribution in [0.4, 0.5) is 4.39 Å². The van der Waals surface area contributed by atoms with Crippen LogP contribution in [-0.4, -0.2) is 30.9 Å². The molecule has 2 N–H and O–H groups in total. The molecule has 0 heterocycles. The van der Waals surface area contributed by atoms with E-state index in [1.165, 1.54) is 6.07 Å². The maximum atomic E-state index is 13.4. The monoisotopic (exact) mass is 252 g/mol. The number of nitrogens with two attached hydrogens (primary N) is 1. The Morgan fingerprint density at radius 2 is 2.00 bits per heavy atom. The second-order valence-electron chi connectivity index (χ2n) is 5.16. The Labute approximate surface area is 108 Å². The number of benzene rings is 1. The van der Waals surface area contributed by atoms with Gasteiger partial charge in [-0.2, -0.15) is 0 Å². The topological polar surface area (TPSA) is 46.3 Å². The van der Waals surface area contributed by atoms with Gasteiger partial charge in [-0.15, -0.1) is 0 Å². The van der Waals surface area contributed by atoms with Crippen LogP contribution in [-0.2, 0) is 11.2 Å². The van der Waals surface area contributed by atoms with Crippen molar-refractivity contribution in [2.75, 3.05) is 20.1 Å². The van der Waals surface area contributed by atoms with Gasteiger partial charge in [0.05, 0.1) is 5.41 Å².